The summed E-state index contributed by atoms with van der Waals surface area (Å²) in [5.74, 6) is -0.526. The van der Waals surface area contributed by atoms with E-state index in [0.29, 0.717) is 0 Å². The molecular formula is C18H13BrN2O2. The number of phenols is 1. The molecule has 0 saturated carbocycles. The number of amides is 1. The molecule has 23 heavy (non-hydrogen) atoms. The van der Waals surface area contributed by atoms with E-state index in [0.717, 1.165) is 20.8 Å². The first kappa shape index (κ1) is 15.2. The summed E-state index contributed by atoms with van der Waals surface area (Å²) < 4.78 is 0.972. The minimum atomic E-state index is -0.457. The smallest absolute Gasteiger partial charge is 0.275 e. The Labute approximate surface area is 141 Å². The highest BCUT2D eigenvalue weighted by Gasteiger charge is 2.11. The number of nitrogens with one attached hydrogen (secondary N) is 1. The standard InChI is InChI=1S/C18H13BrN2O2/c19-15-7-5-12(6-8-15)11-20-21-18(23)16-9-13-3-1-2-4-14(13)10-17(16)22/h1-11,22H,(H,21,23). The van der Waals surface area contributed by atoms with Gasteiger partial charge in [0, 0.05) is 4.47 Å². The van der Waals surface area contributed by atoms with Crippen LogP contribution in [0.1, 0.15) is 15.9 Å². The third-order valence-corrected chi connectivity index (χ3v) is 3.89. The van der Waals surface area contributed by atoms with Crippen molar-refractivity contribution in [1.82, 2.24) is 5.43 Å². The Kier molecular flexibility index (Phi) is 4.39. The highest BCUT2D eigenvalue weighted by Crippen LogP contribution is 2.24. The number of halogens is 1. The molecule has 0 aliphatic rings. The normalized spacial score (nSPS) is 11.0. The largest absolute Gasteiger partial charge is 0.507 e. The Hall–Kier alpha value is -2.66. The van der Waals surface area contributed by atoms with Crippen LogP contribution in [0.15, 0.2) is 70.2 Å². The number of hydrogen-bond acceptors (Lipinski definition) is 3. The van der Waals surface area contributed by atoms with Gasteiger partial charge in [0.1, 0.15) is 5.75 Å². The van der Waals surface area contributed by atoms with Crippen LogP contribution >= 0.6 is 15.9 Å². The lowest BCUT2D eigenvalue weighted by Gasteiger charge is -2.05. The van der Waals surface area contributed by atoms with E-state index in [-0.39, 0.29) is 11.3 Å². The number of carbonyl (C=O) groups is 1. The Balaban J connectivity index is 1.78. The number of hydrazone groups is 1. The summed E-state index contributed by atoms with van der Waals surface area (Å²) in [5, 5.41) is 15.7. The first-order valence-corrected chi connectivity index (χ1v) is 7.73. The van der Waals surface area contributed by atoms with Crippen LogP contribution in [-0.4, -0.2) is 17.2 Å². The number of hydrogen-bond donors (Lipinski definition) is 2. The van der Waals surface area contributed by atoms with Crippen LogP contribution in [0.3, 0.4) is 0 Å². The predicted octanol–water partition coefficient (Wildman–Crippen LogP) is 4.07. The highest BCUT2D eigenvalue weighted by atomic mass is 79.9. The molecule has 3 aromatic carbocycles. The second kappa shape index (κ2) is 6.62. The molecule has 0 fully saturated rings. The SMILES string of the molecule is O=C(NN=Cc1ccc(Br)cc1)c1cc2ccccc2cc1O. The number of rotatable bonds is 3. The maximum atomic E-state index is 12.2. The van der Waals surface area contributed by atoms with E-state index in [1.165, 1.54) is 0 Å². The molecule has 3 aromatic rings. The summed E-state index contributed by atoms with van der Waals surface area (Å²) >= 11 is 3.35. The Morgan fingerprint density at radius 3 is 2.39 bits per heavy atom. The van der Waals surface area contributed by atoms with Crippen molar-refractivity contribution in [1.29, 1.82) is 0 Å². The van der Waals surface area contributed by atoms with Crippen LogP contribution in [0.5, 0.6) is 5.75 Å². The van der Waals surface area contributed by atoms with Gasteiger partial charge >= 0.3 is 0 Å². The van der Waals surface area contributed by atoms with Crippen LogP contribution in [-0.2, 0) is 0 Å². The zero-order valence-electron chi connectivity index (χ0n) is 12.0. The van der Waals surface area contributed by atoms with Gasteiger partial charge < -0.3 is 5.11 Å². The Morgan fingerprint density at radius 1 is 1.04 bits per heavy atom. The predicted molar refractivity (Wildman–Crippen MR) is 94.8 cm³/mol. The number of carbonyl (C=O) groups excluding carboxylic acids is 1. The van der Waals surface area contributed by atoms with Gasteiger partial charge in [0.05, 0.1) is 11.8 Å². The fourth-order valence-electron chi connectivity index (χ4n) is 2.18. The van der Waals surface area contributed by atoms with Crippen molar-refractivity contribution in [2.24, 2.45) is 5.10 Å². The molecule has 4 nitrogen and oxygen atoms in total. The molecule has 1 amide bonds. The number of benzene rings is 3. The van der Waals surface area contributed by atoms with E-state index in [1.807, 2.05) is 48.5 Å². The van der Waals surface area contributed by atoms with Gasteiger partial charge in [-0.1, -0.05) is 52.3 Å². The molecule has 0 unspecified atom stereocenters. The van der Waals surface area contributed by atoms with E-state index >= 15 is 0 Å². The molecular weight excluding hydrogens is 356 g/mol. The molecule has 0 aliphatic carbocycles. The van der Waals surface area contributed by atoms with Gasteiger partial charge in [0.15, 0.2) is 0 Å². The minimum absolute atomic E-state index is 0.0694. The molecule has 0 spiro atoms. The Morgan fingerprint density at radius 2 is 1.70 bits per heavy atom. The van der Waals surface area contributed by atoms with Crippen molar-refractivity contribution in [3.8, 4) is 5.75 Å². The maximum absolute atomic E-state index is 12.2. The Bertz CT molecular complexity index is 889. The summed E-state index contributed by atoms with van der Waals surface area (Å²) in [4.78, 5) is 12.2. The zero-order valence-corrected chi connectivity index (χ0v) is 13.6. The van der Waals surface area contributed by atoms with E-state index in [1.54, 1.807) is 18.3 Å². The number of nitrogens with zero attached hydrogens (tertiary/aromatic N) is 1. The molecule has 0 saturated heterocycles. The molecule has 0 heterocycles. The molecule has 2 N–H and O–H groups in total. The molecule has 0 atom stereocenters. The zero-order chi connectivity index (χ0) is 16.2. The quantitative estimate of drug-likeness (QED) is 0.540. The van der Waals surface area contributed by atoms with Gasteiger partial charge in [-0.05, 0) is 40.6 Å². The first-order valence-electron chi connectivity index (χ1n) is 6.94. The van der Waals surface area contributed by atoms with E-state index in [2.05, 4.69) is 26.5 Å². The fourth-order valence-corrected chi connectivity index (χ4v) is 2.45. The second-order valence-corrected chi connectivity index (χ2v) is 5.88. The topological polar surface area (TPSA) is 61.7 Å². The monoisotopic (exact) mass is 368 g/mol. The van der Waals surface area contributed by atoms with Gasteiger partial charge in [-0.3, -0.25) is 4.79 Å². The van der Waals surface area contributed by atoms with Crippen LogP contribution in [0.4, 0.5) is 0 Å². The third-order valence-electron chi connectivity index (χ3n) is 3.36. The molecule has 0 bridgehead atoms. The van der Waals surface area contributed by atoms with E-state index < -0.39 is 5.91 Å². The van der Waals surface area contributed by atoms with Crippen molar-refractivity contribution in [3.05, 3.63) is 76.3 Å². The van der Waals surface area contributed by atoms with E-state index in [4.69, 9.17) is 0 Å². The fraction of sp³-hybridized carbons (Fsp3) is 0. The van der Waals surface area contributed by atoms with Gasteiger partial charge in [-0.15, -0.1) is 0 Å². The maximum Gasteiger partial charge on any atom is 0.275 e. The van der Waals surface area contributed by atoms with Crippen LogP contribution in [0.2, 0.25) is 0 Å². The molecule has 0 radical (unpaired) electrons. The summed E-state index contributed by atoms with van der Waals surface area (Å²) in [5.41, 5.74) is 3.48. The van der Waals surface area contributed by atoms with Gasteiger partial charge in [0.25, 0.3) is 5.91 Å². The summed E-state index contributed by atoms with van der Waals surface area (Å²) in [6.07, 6.45) is 1.54. The second-order valence-electron chi connectivity index (χ2n) is 4.97. The molecule has 0 aliphatic heterocycles. The van der Waals surface area contributed by atoms with Crippen LogP contribution in [0.25, 0.3) is 10.8 Å². The molecule has 3 rings (SSSR count). The average Bonchev–Trinajstić information content (AvgIpc) is 2.56. The van der Waals surface area contributed by atoms with Gasteiger partial charge in [0.2, 0.25) is 0 Å². The lowest BCUT2D eigenvalue weighted by molar-refractivity contribution is 0.0952. The lowest BCUT2D eigenvalue weighted by atomic mass is 10.1. The van der Waals surface area contributed by atoms with Crippen molar-refractivity contribution < 1.29 is 9.90 Å². The molecule has 5 heteroatoms. The summed E-state index contributed by atoms with van der Waals surface area (Å²) in [7, 11) is 0. The summed E-state index contributed by atoms with van der Waals surface area (Å²) in [6, 6.07) is 18.3. The van der Waals surface area contributed by atoms with Crippen molar-refractivity contribution >= 4 is 38.8 Å². The molecule has 114 valence electrons. The van der Waals surface area contributed by atoms with Gasteiger partial charge in [-0.25, -0.2) is 5.43 Å². The van der Waals surface area contributed by atoms with Crippen LogP contribution in [0, 0.1) is 0 Å². The lowest BCUT2D eigenvalue weighted by Crippen LogP contribution is -2.17. The van der Waals surface area contributed by atoms with Gasteiger partial charge in [-0.2, -0.15) is 5.10 Å². The number of phenolic OH excluding ortho intramolecular Hbond substituents is 1. The highest BCUT2D eigenvalue weighted by molar-refractivity contribution is 9.10. The van der Waals surface area contributed by atoms with E-state index in [9.17, 15) is 9.90 Å². The van der Waals surface area contributed by atoms with Crippen molar-refractivity contribution in [2.45, 2.75) is 0 Å². The van der Waals surface area contributed by atoms with Crippen molar-refractivity contribution in [2.75, 3.05) is 0 Å². The third kappa shape index (κ3) is 3.57. The molecule has 0 aromatic heterocycles. The minimum Gasteiger partial charge on any atom is -0.507 e. The van der Waals surface area contributed by atoms with Crippen molar-refractivity contribution in [3.63, 3.8) is 0 Å². The first-order chi connectivity index (χ1) is 11.1. The summed E-state index contributed by atoms with van der Waals surface area (Å²) in [6.45, 7) is 0. The average molecular weight is 369 g/mol. The number of aromatic hydroxyl groups is 1. The number of fused-ring (bicyclic) bond motifs is 1. The van der Waals surface area contributed by atoms with Crippen LogP contribution < -0.4 is 5.43 Å².